The van der Waals surface area contributed by atoms with E-state index in [4.69, 9.17) is 22.1 Å². The highest BCUT2D eigenvalue weighted by molar-refractivity contribution is 6.30. The van der Waals surface area contributed by atoms with Crippen LogP contribution in [0, 0.1) is 5.41 Å². The number of hydrogen-bond donors (Lipinski definition) is 3. The molecule has 0 atom stereocenters. The Bertz CT molecular complexity index is 1040. The van der Waals surface area contributed by atoms with E-state index in [1.54, 1.807) is 13.2 Å². The van der Waals surface area contributed by atoms with E-state index in [0.29, 0.717) is 35.2 Å². The molecule has 29 heavy (non-hydrogen) atoms. The highest BCUT2D eigenvalue weighted by atomic mass is 35.5. The SMILES string of the molecule is COc1ccc(Cl)cc1Cn1c(C(=O)NCC(C)(C)CO)cc2cc(N)ccc21. The molecule has 0 radical (unpaired) electrons. The van der Waals surface area contributed by atoms with Gasteiger partial charge >= 0.3 is 0 Å². The number of halogens is 1. The van der Waals surface area contributed by atoms with Crippen molar-refractivity contribution in [1.82, 2.24) is 9.88 Å². The van der Waals surface area contributed by atoms with Crippen molar-refractivity contribution in [3.8, 4) is 5.75 Å². The van der Waals surface area contributed by atoms with Crippen LogP contribution in [0.25, 0.3) is 10.9 Å². The van der Waals surface area contributed by atoms with E-state index in [2.05, 4.69) is 5.32 Å². The molecule has 0 aliphatic rings. The Hall–Kier alpha value is -2.70. The van der Waals surface area contributed by atoms with Gasteiger partial charge in [-0.25, -0.2) is 0 Å². The third-order valence-electron chi connectivity index (χ3n) is 4.88. The number of nitrogen functional groups attached to an aromatic ring is 1. The molecule has 154 valence electrons. The van der Waals surface area contributed by atoms with Crippen molar-refractivity contribution in [2.24, 2.45) is 5.41 Å². The number of ether oxygens (including phenoxy) is 1. The fourth-order valence-electron chi connectivity index (χ4n) is 3.15. The van der Waals surface area contributed by atoms with Crippen LogP contribution in [0.3, 0.4) is 0 Å². The summed E-state index contributed by atoms with van der Waals surface area (Å²) >= 11 is 6.19. The van der Waals surface area contributed by atoms with E-state index < -0.39 is 5.41 Å². The molecule has 0 saturated carbocycles. The summed E-state index contributed by atoms with van der Waals surface area (Å²) < 4.78 is 7.39. The number of benzene rings is 2. The summed E-state index contributed by atoms with van der Waals surface area (Å²) in [6, 6.07) is 12.8. The molecule has 1 aromatic heterocycles. The highest BCUT2D eigenvalue weighted by Crippen LogP contribution is 2.28. The minimum Gasteiger partial charge on any atom is -0.496 e. The number of aliphatic hydroxyl groups excluding tert-OH is 1. The molecule has 3 aromatic rings. The van der Waals surface area contributed by atoms with Crippen LogP contribution in [0.2, 0.25) is 5.02 Å². The Morgan fingerprint density at radius 3 is 2.69 bits per heavy atom. The van der Waals surface area contributed by atoms with Crippen LogP contribution >= 0.6 is 11.6 Å². The zero-order valence-corrected chi connectivity index (χ0v) is 17.6. The predicted octanol–water partition coefficient (Wildman–Crippen LogP) is 3.68. The van der Waals surface area contributed by atoms with Crippen LogP contribution in [0.1, 0.15) is 29.9 Å². The fraction of sp³-hybridized carbons (Fsp3) is 0.318. The Labute approximate surface area is 175 Å². The first-order valence-electron chi connectivity index (χ1n) is 9.34. The summed E-state index contributed by atoms with van der Waals surface area (Å²) in [5.41, 5.74) is 8.40. The molecule has 3 rings (SSSR count). The van der Waals surface area contributed by atoms with Gasteiger partial charge in [-0.2, -0.15) is 0 Å². The van der Waals surface area contributed by atoms with Gasteiger partial charge in [-0.1, -0.05) is 25.4 Å². The van der Waals surface area contributed by atoms with Gasteiger partial charge in [-0.05, 0) is 42.5 Å². The molecular formula is C22H26ClN3O3. The molecule has 7 heteroatoms. The lowest BCUT2D eigenvalue weighted by atomic mass is 9.95. The Morgan fingerprint density at radius 1 is 1.24 bits per heavy atom. The van der Waals surface area contributed by atoms with Gasteiger partial charge in [0.1, 0.15) is 11.4 Å². The smallest absolute Gasteiger partial charge is 0.267 e. The normalized spacial score (nSPS) is 11.6. The quantitative estimate of drug-likeness (QED) is 0.513. The summed E-state index contributed by atoms with van der Waals surface area (Å²) in [7, 11) is 1.60. The van der Waals surface area contributed by atoms with Crippen LogP contribution in [-0.2, 0) is 6.54 Å². The molecule has 0 spiro atoms. The lowest BCUT2D eigenvalue weighted by Gasteiger charge is -2.22. The van der Waals surface area contributed by atoms with Crippen molar-refractivity contribution in [3.05, 3.63) is 58.7 Å². The third-order valence-corrected chi connectivity index (χ3v) is 5.12. The molecule has 0 saturated heterocycles. The summed E-state index contributed by atoms with van der Waals surface area (Å²) in [6.07, 6.45) is 0. The van der Waals surface area contributed by atoms with Crippen LogP contribution in [0.15, 0.2) is 42.5 Å². The zero-order chi connectivity index (χ0) is 21.2. The van der Waals surface area contributed by atoms with Gasteiger partial charge in [0, 0.05) is 45.7 Å². The Kier molecular flexibility index (Phi) is 6.05. The summed E-state index contributed by atoms with van der Waals surface area (Å²) in [4.78, 5) is 13.0. The number of nitrogens with one attached hydrogen (secondary N) is 1. The summed E-state index contributed by atoms with van der Waals surface area (Å²) in [5.74, 6) is 0.474. The topological polar surface area (TPSA) is 89.5 Å². The van der Waals surface area contributed by atoms with Gasteiger partial charge in [-0.15, -0.1) is 0 Å². The maximum atomic E-state index is 13.0. The molecule has 1 heterocycles. The maximum Gasteiger partial charge on any atom is 0.267 e. The molecule has 2 aromatic carbocycles. The van der Waals surface area contributed by atoms with Gasteiger partial charge in [0.2, 0.25) is 0 Å². The van der Waals surface area contributed by atoms with Gasteiger partial charge < -0.3 is 25.5 Å². The maximum absolute atomic E-state index is 13.0. The van der Waals surface area contributed by atoms with Crippen molar-refractivity contribution in [2.45, 2.75) is 20.4 Å². The van der Waals surface area contributed by atoms with E-state index in [9.17, 15) is 9.90 Å². The average Bonchev–Trinajstić information content (AvgIpc) is 3.04. The number of rotatable bonds is 7. The number of methoxy groups -OCH3 is 1. The second kappa shape index (κ2) is 8.35. The number of carbonyl (C=O) groups is 1. The predicted molar refractivity (Wildman–Crippen MR) is 117 cm³/mol. The van der Waals surface area contributed by atoms with Crippen LogP contribution in [0.5, 0.6) is 5.75 Å². The Balaban J connectivity index is 2.04. The molecule has 0 bridgehead atoms. The molecule has 0 aliphatic carbocycles. The van der Waals surface area contributed by atoms with Gasteiger partial charge in [0.25, 0.3) is 5.91 Å². The first-order chi connectivity index (χ1) is 13.7. The fourth-order valence-corrected chi connectivity index (χ4v) is 3.35. The van der Waals surface area contributed by atoms with Crippen LogP contribution < -0.4 is 15.8 Å². The van der Waals surface area contributed by atoms with Crippen molar-refractivity contribution < 1.29 is 14.6 Å². The van der Waals surface area contributed by atoms with Crippen molar-refractivity contribution in [3.63, 3.8) is 0 Å². The Morgan fingerprint density at radius 2 is 2.00 bits per heavy atom. The van der Waals surface area contributed by atoms with Gasteiger partial charge in [0.05, 0.1) is 13.7 Å². The minimum absolute atomic E-state index is 0.0213. The zero-order valence-electron chi connectivity index (χ0n) is 16.8. The largest absolute Gasteiger partial charge is 0.496 e. The molecular weight excluding hydrogens is 390 g/mol. The minimum atomic E-state index is -0.410. The first-order valence-corrected chi connectivity index (χ1v) is 9.72. The van der Waals surface area contributed by atoms with Crippen molar-refractivity contribution in [2.75, 3.05) is 26.0 Å². The first kappa shape index (κ1) is 21.0. The second-order valence-corrected chi connectivity index (χ2v) is 8.33. The number of nitrogens with two attached hydrogens (primary N) is 1. The van der Waals surface area contributed by atoms with Crippen molar-refractivity contribution in [1.29, 1.82) is 0 Å². The number of hydrogen-bond acceptors (Lipinski definition) is 4. The molecule has 0 fully saturated rings. The molecule has 6 nitrogen and oxygen atoms in total. The van der Waals surface area contributed by atoms with E-state index in [-0.39, 0.29) is 12.5 Å². The van der Waals surface area contributed by atoms with E-state index in [1.807, 2.05) is 54.8 Å². The van der Waals surface area contributed by atoms with Gasteiger partial charge in [0.15, 0.2) is 0 Å². The standard InChI is InChI=1S/C22H26ClN3O3/c1-22(2,13-27)12-25-21(28)19-10-14-9-17(24)5-6-18(14)26(19)11-15-8-16(23)4-7-20(15)29-3/h4-10,27H,11-13,24H2,1-3H3,(H,25,28). The lowest BCUT2D eigenvalue weighted by Crippen LogP contribution is -2.36. The second-order valence-electron chi connectivity index (χ2n) is 7.90. The van der Waals surface area contributed by atoms with E-state index in [0.717, 1.165) is 16.5 Å². The van der Waals surface area contributed by atoms with Gasteiger partial charge in [-0.3, -0.25) is 4.79 Å². The molecule has 0 unspecified atom stereocenters. The highest BCUT2D eigenvalue weighted by Gasteiger charge is 2.21. The molecule has 1 amide bonds. The number of anilines is 1. The lowest BCUT2D eigenvalue weighted by molar-refractivity contribution is 0.0902. The molecule has 4 N–H and O–H groups in total. The number of aliphatic hydroxyl groups is 1. The third kappa shape index (κ3) is 4.66. The van der Waals surface area contributed by atoms with E-state index >= 15 is 0 Å². The average molecular weight is 416 g/mol. The number of nitrogens with zero attached hydrogens (tertiary/aromatic N) is 1. The molecule has 0 aliphatic heterocycles. The number of amides is 1. The van der Waals surface area contributed by atoms with E-state index in [1.165, 1.54) is 0 Å². The summed E-state index contributed by atoms with van der Waals surface area (Å²) in [6.45, 7) is 4.52. The van der Waals surface area contributed by atoms with Crippen LogP contribution in [0.4, 0.5) is 5.69 Å². The number of aromatic nitrogens is 1. The number of carbonyl (C=O) groups excluding carboxylic acids is 1. The van der Waals surface area contributed by atoms with Crippen LogP contribution in [-0.4, -0.2) is 35.8 Å². The summed E-state index contributed by atoms with van der Waals surface area (Å²) in [5, 5.41) is 13.8. The van der Waals surface area contributed by atoms with Crippen molar-refractivity contribution >= 4 is 34.1 Å². The number of fused-ring (bicyclic) bond motifs is 1. The monoisotopic (exact) mass is 415 g/mol.